The number of nitrogens with one attached hydrogen (secondary N) is 1. The van der Waals surface area contributed by atoms with Crippen LogP contribution in [0.25, 0.3) is 0 Å². The van der Waals surface area contributed by atoms with Crippen LogP contribution in [0.4, 0.5) is 5.69 Å². The molecule has 1 aromatic carbocycles. The van der Waals surface area contributed by atoms with E-state index >= 15 is 0 Å². The number of thioether (sulfide) groups is 1. The molecule has 0 radical (unpaired) electrons. The van der Waals surface area contributed by atoms with Gasteiger partial charge >= 0.3 is 0 Å². The first-order chi connectivity index (χ1) is 9.24. The third-order valence-electron chi connectivity index (χ3n) is 4.02. The third kappa shape index (κ3) is 2.73. The molecule has 102 valence electrons. The molecule has 2 atom stereocenters. The van der Waals surface area contributed by atoms with Crippen LogP contribution in [0.2, 0.25) is 0 Å². The van der Waals surface area contributed by atoms with Gasteiger partial charge in [0.05, 0.1) is 11.3 Å². The molecule has 3 nitrogen and oxygen atoms in total. The zero-order chi connectivity index (χ0) is 13.2. The molecule has 1 amide bonds. The van der Waals surface area contributed by atoms with Gasteiger partial charge in [0.25, 0.3) is 0 Å². The van der Waals surface area contributed by atoms with Crippen molar-refractivity contribution in [2.45, 2.75) is 43.4 Å². The van der Waals surface area contributed by atoms with Gasteiger partial charge in [0.1, 0.15) is 0 Å². The fourth-order valence-electron chi connectivity index (χ4n) is 3.03. The average molecular weight is 276 g/mol. The van der Waals surface area contributed by atoms with Crippen LogP contribution in [0.5, 0.6) is 0 Å². The Bertz CT molecular complexity index is 483. The predicted molar refractivity (Wildman–Crippen MR) is 80.2 cm³/mol. The Hall–Kier alpha value is -1.16. The molecule has 3 N–H and O–H groups in total. The van der Waals surface area contributed by atoms with Crippen molar-refractivity contribution in [3.63, 3.8) is 0 Å². The number of anilines is 1. The van der Waals surface area contributed by atoms with Gasteiger partial charge in [-0.05, 0) is 61.1 Å². The number of rotatable bonds is 2. The summed E-state index contributed by atoms with van der Waals surface area (Å²) in [6.07, 6.45) is 5.43. The Morgan fingerprint density at radius 1 is 1.32 bits per heavy atom. The summed E-state index contributed by atoms with van der Waals surface area (Å²) in [5, 5.41) is 3.40. The van der Waals surface area contributed by atoms with Gasteiger partial charge in [-0.15, -0.1) is 11.8 Å². The molecular formula is C15H20N2OS. The van der Waals surface area contributed by atoms with E-state index in [9.17, 15) is 4.79 Å². The van der Waals surface area contributed by atoms with Crippen molar-refractivity contribution >= 4 is 23.4 Å². The number of hydrogen-bond donors (Lipinski definition) is 2. The van der Waals surface area contributed by atoms with Gasteiger partial charge < -0.3 is 11.1 Å². The summed E-state index contributed by atoms with van der Waals surface area (Å²) in [4.78, 5) is 12.2. The van der Waals surface area contributed by atoms with E-state index in [0.717, 1.165) is 37.1 Å². The van der Waals surface area contributed by atoms with Crippen LogP contribution in [0, 0.1) is 0 Å². The molecule has 1 heterocycles. The van der Waals surface area contributed by atoms with E-state index in [1.165, 1.54) is 17.5 Å². The lowest BCUT2D eigenvalue weighted by molar-refractivity contribution is -0.121. The normalized spacial score (nSPS) is 25.9. The minimum Gasteiger partial charge on any atom is -0.399 e. The molecule has 1 aliphatic heterocycles. The van der Waals surface area contributed by atoms with E-state index in [1.54, 1.807) is 11.8 Å². The smallest absolute Gasteiger partial charge is 0.233 e. The predicted octanol–water partition coefficient (Wildman–Crippen LogP) is 2.66. The number of carbonyl (C=O) groups is 1. The molecule has 2 aliphatic rings. The van der Waals surface area contributed by atoms with Gasteiger partial charge in [-0.1, -0.05) is 6.07 Å². The molecule has 1 saturated heterocycles. The first kappa shape index (κ1) is 12.9. The van der Waals surface area contributed by atoms with Crippen molar-refractivity contribution in [1.29, 1.82) is 0 Å². The highest BCUT2D eigenvalue weighted by Gasteiger charge is 2.27. The standard InChI is InChI=1S/C15H20N2OS/c16-11-6-7-12-10(9-11)3-1-4-13(12)17-15(18)14-5-2-8-19-14/h6-7,9,13-14H,1-5,8,16H2,(H,17,18). The summed E-state index contributed by atoms with van der Waals surface area (Å²) in [5.74, 6) is 1.34. The Kier molecular flexibility index (Phi) is 3.69. The van der Waals surface area contributed by atoms with E-state index < -0.39 is 0 Å². The van der Waals surface area contributed by atoms with E-state index in [0.29, 0.717) is 0 Å². The van der Waals surface area contributed by atoms with Gasteiger partial charge in [-0.3, -0.25) is 4.79 Å². The SMILES string of the molecule is Nc1ccc2c(c1)CCCC2NC(=O)C1CCCS1. The summed E-state index contributed by atoms with van der Waals surface area (Å²) in [6.45, 7) is 0. The maximum Gasteiger partial charge on any atom is 0.233 e. The largest absolute Gasteiger partial charge is 0.399 e. The molecule has 1 aromatic rings. The van der Waals surface area contributed by atoms with E-state index in [-0.39, 0.29) is 17.2 Å². The molecular weight excluding hydrogens is 256 g/mol. The van der Waals surface area contributed by atoms with Gasteiger partial charge in [0, 0.05) is 5.69 Å². The number of nitrogen functional groups attached to an aromatic ring is 1. The number of amides is 1. The number of nitrogens with two attached hydrogens (primary N) is 1. The Balaban J connectivity index is 1.74. The highest BCUT2D eigenvalue weighted by atomic mass is 32.2. The molecule has 0 aromatic heterocycles. The lowest BCUT2D eigenvalue weighted by Crippen LogP contribution is -2.36. The van der Waals surface area contributed by atoms with Gasteiger partial charge in [0.2, 0.25) is 5.91 Å². The number of benzene rings is 1. The minimum atomic E-state index is 0.166. The fourth-order valence-corrected chi connectivity index (χ4v) is 4.20. The van der Waals surface area contributed by atoms with Crippen molar-refractivity contribution in [3.8, 4) is 0 Å². The van der Waals surface area contributed by atoms with Gasteiger partial charge in [-0.25, -0.2) is 0 Å². The third-order valence-corrected chi connectivity index (χ3v) is 5.40. The van der Waals surface area contributed by atoms with Crippen molar-refractivity contribution < 1.29 is 4.79 Å². The van der Waals surface area contributed by atoms with E-state index in [4.69, 9.17) is 5.73 Å². The second-order valence-electron chi connectivity index (χ2n) is 5.41. The maximum absolute atomic E-state index is 12.2. The molecule has 3 rings (SSSR count). The number of fused-ring (bicyclic) bond motifs is 1. The van der Waals surface area contributed by atoms with Crippen molar-refractivity contribution in [3.05, 3.63) is 29.3 Å². The lowest BCUT2D eigenvalue weighted by Gasteiger charge is -2.27. The molecule has 0 bridgehead atoms. The summed E-state index contributed by atoms with van der Waals surface area (Å²) in [6, 6.07) is 6.25. The molecule has 1 fully saturated rings. The molecule has 19 heavy (non-hydrogen) atoms. The first-order valence-electron chi connectivity index (χ1n) is 7.04. The quantitative estimate of drug-likeness (QED) is 0.817. The van der Waals surface area contributed by atoms with Crippen molar-refractivity contribution in [2.75, 3.05) is 11.5 Å². The minimum absolute atomic E-state index is 0.166. The van der Waals surface area contributed by atoms with Crippen LogP contribution in [0.15, 0.2) is 18.2 Å². The van der Waals surface area contributed by atoms with Crippen molar-refractivity contribution in [1.82, 2.24) is 5.32 Å². The zero-order valence-electron chi connectivity index (χ0n) is 11.0. The average Bonchev–Trinajstić information content (AvgIpc) is 2.92. The molecule has 2 unspecified atom stereocenters. The highest BCUT2D eigenvalue weighted by Crippen LogP contribution is 2.32. The number of carbonyl (C=O) groups excluding carboxylic acids is 1. The molecule has 0 spiro atoms. The molecule has 1 aliphatic carbocycles. The molecule has 4 heteroatoms. The summed E-state index contributed by atoms with van der Waals surface area (Å²) < 4.78 is 0. The Morgan fingerprint density at radius 2 is 2.21 bits per heavy atom. The van der Waals surface area contributed by atoms with Crippen LogP contribution >= 0.6 is 11.8 Å². The second-order valence-corrected chi connectivity index (χ2v) is 6.72. The van der Waals surface area contributed by atoms with Crippen LogP contribution in [-0.2, 0) is 11.2 Å². The van der Waals surface area contributed by atoms with Crippen molar-refractivity contribution in [2.24, 2.45) is 0 Å². The zero-order valence-corrected chi connectivity index (χ0v) is 11.8. The van der Waals surface area contributed by atoms with Crippen LogP contribution < -0.4 is 11.1 Å². The van der Waals surface area contributed by atoms with Crippen LogP contribution in [-0.4, -0.2) is 16.9 Å². The van der Waals surface area contributed by atoms with Crippen LogP contribution in [0.1, 0.15) is 42.9 Å². The van der Waals surface area contributed by atoms with E-state index in [1.807, 2.05) is 6.07 Å². The number of aryl methyl sites for hydroxylation is 1. The Morgan fingerprint density at radius 3 is 3.00 bits per heavy atom. The Labute approximate surface area is 118 Å². The first-order valence-corrected chi connectivity index (χ1v) is 8.09. The summed E-state index contributed by atoms with van der Waals surface area (Å²) >= 11 is 1.79. The maximum atomic E-state index is 12.2. The van der Waals surface area contributed by atoms with Gasteiger partial charge in [-0.2, -0.15) is 0 Å². The lowest BCUT2D eigenvalue weighted by atomic mass is 9.87. The summed E-state index contributed by atoms with van der Waals surface area (Å²) in [5.41, 5.74) is 9.22. The number of hydrogen-bond acceptors (Lipinski definition) is 3. The highest BCUT2D eigenvalue weighted by molar-refractivity contribution is 8.00. The summed E-state index contributed by atoms with van der Waals surface area (Å²) in [7, 11) is 0. The fraction of sp³-hybridized carbons (Fsp3) is 0.533. The monoisotopic (exact) mass is 276 g/mol. The molecule has 0 saturated carbocycles. The van der Waals surface area contributed by atoms with E-state index in [2.05, 4.69) is 17.4 Å². The van der Waals surface area contributed by atoms with Crippen LogP contribution in [0.3, 0.4) is 0 Å². The van der Waals surface area contributed by atoms with Gasteiger partial charge in [0.15, 0.2) is 0 Å². The second kappa shape index (κ2) is 5.45. The topological polar surface area (TPSA) is 55.1 Å².